The van der Waals surface area contributed by atoms with Crippen LogP contribution in [0.15, 0.2) is 41.3 Å². The molecule has 1 amide bonds. The van der Waals surface area contributed by atoms with Gasteiger partial charge in [0, 0.05) is 19.5 Å². The van der Waals surface area contributed by atoms with Crippen LogP contribution in [0.2, 0.25) is 0 Å². The first-order valence-electron chi connectivity index (χ1n) is 9.64. The SMILES string of the molecule is O=C1CCc2cc(S(=O)(=O)NCC3(O)CCc4ccccc43)cc3c2N1CC3. The molecule has 0 saturated heterocycles. The van der Waals surface area contributed by atoms with Crippen molar-refractivity contribution in [2.75, 3.05) is 18.0 Å². The van der Waals surface area contributed by atoms with E-state index in [0.717, 1.165) is 34.4 Å². The van der Waals surface area contributed by atoms with E-state index in [1.54, 1.807) is 17.0 Å². The maximum atomic E-state index is 13.0. The fraction of sp³-hybridized carbons (Fsp3) is 0.381. The van der Waals surface area contributed by atoms with Crippen molar-refractivity contribution in [1.82, 2.24) is 4.72 Å². The van der Waals surface area contributed by atoms with Crippen LogP contribution in [-0.2, 0) is 39.7 Å². The predicted molar refractivity (Wildman–Crippen MR) is 105 cm³/mol. The summed E-state index contributed by atoms with van der Waals surface area (Å²) in [5, 5.41) is 11.0. The number of rotatable bonds is 4. The number of aliphatic hydroxyl groups is 1. The van der Waals surface area contributed by atoms with Crippen molar-refractivity contribution in [3.63, 3.8) is 0 Å². The zero-order valence-electron chi connectivity index (χ0n) is 15.4. The summed E-state index contributed by atoms with van der Waals surface area (Å²) < 4.78 is 28.6. The molecule has 1 aliphatic carbocycles. The molecule has 2 N–H and O–H groups in total. The lowest BCUT2D eigenvalue weighted by atomic mass is 9.96. The quantitative estimate of drug-likeness (QED) is 0.820. The second-order valence-corrected chi connectivity index (χ2v) is 9.67. The fourth-order valence-electron chi connectivity index (χ4n) is 4.73. The highest BCUT2D eigenvalue weighted by molar-refractivity contribution is 7.89. The van der Waals surface area contributed by atoms with Crippen LogP contribution in [0.4, 0.5) is 5.69 Å². The van der Waals surface area contributed by atoms with Crippen LogP contribution < -0.4 is 9.62 Å². The smallest absolute Gasteiger partial charge is 0.240 e. The van der Waals surface area contributed by atoms with E-state index in [1.165, 1.54) is 0 Å². The van der Waals surface area contributed by atoms with Crippen LogP contribution in [0.25, 0.3) is 0 Å². The Balaban J connectivity index is 1.42. The Morgan fingerprint density at radius 3 is 2.61 bits per heavy atom. The van der Waals surface area contributed by atoms with Crippen LogP contribution in [0.1, 0.15) is 35.1 Å². The van der Waals surface area contributed by atoms with Crippen LogP contribution in [-0.4, -0.2) is 32.5 Å². The highest BCUT2D eigenvalue weighted by atomic mass is 32.2. The average Bonchev–Trinajstić information content (AvgIpc) is 3.27. The molecular formula is C21H22N2O4S. The largest absolute Gasteiger partial charge is 0.384 e. The van der Waals surface area contributed by atoms with Gasteiger partial charge >= 0.3 is 0 Å². The number of carbonyl (C=O) groups is 1. The molecule has 2 aliphatic heterocycles. The summed E-state index contributed by atoms with van der Waals surface area (Å²) in [6, 6.07) is 11.0. The second-order valence-electron chi connectivity index (χ2n) is 7.90. The maximum absolute atomic E-state index is 13.0. The van der Waals surface area contributed by atoms with Crippen LogP contribution in [0, 0.1) is 0 Å². The van der Waals surface area contributed by atoms with E-state index in [-0.39, 0.29) is 17.3 Å². The van der Waals surface area contributed by atoms with Crippen molar-refractivity contribution in [3.8, 4) is 0 Å². The molecule has 6 nitrogen and oxygen atoms in total. The minimum Gasteiger partial charge on any atom is -0.384 e. The molecule has 0 spiro atoms. The number of hydrogen-bond donors (Lipinski definition) is 2. The van der Waals surface area contributed by atoms with Gasteiger partial charge in [0.15, 0.2) is 0 Å². The highest BCUT2D eigenvalue weighted by Crippen LogP contribution is 2.39. The third kappa shape index (κ3) is 2.69. The van der Waals surface area contributed by atoms with Crippen molar-refractivity contribution < 1.29 is 18.3 Å². The third-order valence-electron chi connectivity index (χ3n) is 6.22. The average molecular weight is 398 g/mol. The van der Waals surface area contributed by atoms with Crippen LogP contribution >= 0.6 is 0 Å². The van der Waals surface area contributed by atoms with E-state index in [4.69, 9.17) is 0 Å². The number of fused-ring (bicyclic) bond motifs is 1. The fourth-order valence-corrected chi connectivity index (χ4v) is 5.92. The van der Waals surface area contributed by atoms with E-state index in [1.807, 2.05) is 24.3 Å². The van der Waals surface area contributed by atoms with E-state index >= 15 is 0 Å². The molecule has 0 radical (unpaired) electrons. The molecule has 3 aliphatic rings. The number of carbonyl (C=O) groups excluding carboxylic acids is 1. The Hall–Kier alpha value is -2.22. The first-order valence-corrected chi connectivity index (χ1v) is 11.1. The molecule has 1 atom stereocenters. The number of anilines is 1. The lowest BCUT2D eigenvalue weighted by Crippen LogP contribution is -2.39. The second kappa shape index (κ2) is 6.14. The molecule has 28 heavy (non-hydrogen) atoms. The molecule has 0 saturated carbocycles. The standard InChI is InChI=1S/C21H22N2O4S/c24-19-6-5-15-11-17(12-16-8-10-23(19)20(15)16)28(26,27)22-13-21(25)9-7-14-3-1-2-4-18(14)21/h1-4,11-12,22,25H,5-10,13H2. The molecule has 5 rings (SSSR count). The molecule has 0 fully saturated rings. The number of hydrogen-bond acceptors (Lipinski definition) is 4. The van der Waals surface area contributed by atoms with Gasteiger partial charge < -0.3 is 10.0 Å². The molecule has 0 aromatic heterocycles. The van der Waals surface area contributed by atoms with E-state index in [0.29, 0.717) is 32.2 Å². The minimum atomic E-state index is -3.76. The molecular weight excluding hydrogens is 376 g/mol. The maximum Gasteiger partial charge on any atom is 0.240 e. The predicted octanol–water partition coefficient (Wildman–Crippen LogP) is 1.63. The number of amides is 1. The summed E-state index contributed by atoms with van der Waals surface area (Å²) in [4.78, 5) is 14.0. The first-order chi connectivity index (χ1) is 13.4. The van der Waals surface area contributed by atoms with Gasteiger partial charge in [-0.05, 0) is 60.1 Å². The van der Waals surface area contributed by atoms with Gasteiger partial charge in [0.05, 0.1) is 10.6 Å². The number of aryl methyl sites for hydroxylation is 2. The van der Waals surface area contributed by atoms with Gasteiger partial charge in [0.2, 0.25) is 15.9 Å². The molecule has 2 aromatic carbocycles. The minimum absolute atomic E-state index is 0.0522. The summed E-state index contributed by atoms with van der Waals surface area (Å²) in [6.07, 6.45) is 2.90. The highest BCUT2D eigenvalue weighted by Gasteiger charge is 2.38. The van der Waals surface area contributed by atoms with Crippen molar-refractivity contribution in [2.24, 2.45) is 0 Å². The number of nitrogens with one attached hydrogen (secondary N) is 1. The molecule has 2 aromatic rings. The van der Waals surface area contributed by atoms with Crippen LogP contribution in [0.3, 0.4) is 0 Å². The Morgan fingerprint density at radius 2 is 1.79 bits per heavy atom. The Morgan fingerprint density at radius 1 is 1.04 bits per heavy atom. The van der Waals surface area contributed by atoms with Crippen molar-refractivity contribution in [3.05, 3.63) is 58.7 Å². The van der Waals surface area contributed by atoms with Gasteiger partial charge in [-0.15, -0.1) is 0 Å². The van der Waals surface area contributed by atoms with Gasteiger partial charge in [0.1, 0.15) is 5.60 Å². The summed E-state index contributed by atoms with van der Waals surface area (Å²) >= 11 is 0. The Bertz CT molecular complexity index is 1100. The van der Waals surface area contributed by atoms with Gasteiger partial charge in [-0.3, -0.25) is 4.79 Å². The van der Waals surface area contributed by atoms with Gasteiger partial charge in [-0.2, -0.15) is 0 Å². The molecule has 146 valence electrons. The number of benzene rings is 2. The van der Waals surface area contributed by atoms with E-state index in [2.05, 4.69) is 4.72 Å². The Kier molecular flexibility index (Phi) is 3.91. The van der Waals surface area contributed by atoms with Crippen molar-refractivity contribution >= 4 is 21.6 Å². The lowest BCUT2D eigenvalue weighted by Gasteiger charge is -2.26. The van der Waals surface area contributed by atoms with Gasteiger partial charge in [-0.1, -0.05) is 24.3 Å². The van der Waals surface area contributed by atoms with Crippen molar-refractivity contribution in [1.29, 1.82) is 0 Å². The molecule has 7 heteroatoms. The molecule has 0 bridgehead atoms. The first kappa shape index (κ1) is 17.8. The lowest BCUT2D eigenvalue weighted by molar-refractivity contribution is -0.118. The van der Waals surface area contributed by atoms with Gasteiger partial charge in [-0.25, -0.2) is 13.1 Å². The summed E-state index contributed by atoms with van der Waals surface area (Å²) in [7, 11) is -3.76. The zero-order valence-corrected chi connectivity index (χ0v) is 16.3. The van der Waals surface area contributed by atoms with E-state index in [9.17, 15) is 18.3 Å². The topological polar surface area (TPSA) is 86.7 Å². The number of sulfonamides is 1. The summed E-state index contributed by atoms with van der Waals surface area (Å²) in [5.41, 5.74) is 3.42. The third-order valence-corrected chi connectivity index (χ3v) is 7.60. The van der Waals surface area contributed by atoms with Gasteiger partial charge in [0.25, 0.3) is 0 Å². The molecule has 2 heterocycles. The van der Waals surface area contributed by atoms with E-state index < -0.39 is 15.6 Å². The normalized spacial score (nSPS) is 23.0. The monoisotopic (exact) mass is 398 g/mol. The summed E-state index contributed by atoms with van der Waals surface area (Å²) in [6.45, 7) is 0.567. The Labute approximate surface area is 164 Å². The van der Waals surface area contributed by atoms with Crippen molar-refractivity contribution in [2.45, 2.75) is 42.6 Å². The zero-order chi connectivity index (χ0) is 19.5. The number of nitrogens with zero attached hydrogens (tertiary/aromatic N) is 1. The van der Waals surface area contributed by atoms with Crippen LogP contribution in [0.5, 0.6) is 0 Å². The molecule has 1 unspecified atom stereocenters. The summed E-state index contributed by atoms with van der Waals surface area (Å²) in [5.74, 6) is 0.113.